The van der Waals surface area contributed by atoms with E-state index in [0.29, 0.717) is 22.9 Å². The number of thioether (sulfide) groups is 1. The smallest absolute Gasteiger partial charge is 0.239 e. The fourth-order valence-electron chi connectivity index (χ4n) is 2.58. The number of methoxy groups -OCH3 is 1. The highest BCUT2D eigenvalue weighted by Gasteiger charge is 2.21. The molecule has 0 aliphatic carbocycles. The lowest BCUT2D eigenvalue weighted by atomic mass is 10.3. The van der Waals surface area contributed by atoms with Crippen molar-refractivity contribution >= 4 is 44.4 Å². The van der Waals surface area contributed by atoms with Gasteiger partial charge in [-0.2, -0.15) is 0 Å². The first-order valence-electron chi connectivity index (χ1n) is 8.85. The summed E-state index contributed by atoms with van der Waals surface area (Å²) in [6.45, 7) is 1.02. The van der Waals surface area contributed by atoms with Gasteiger partial charge in [0.1, 0.15) is 17.1 Å². The molecule has 154 valence electrons. The van der Waals surface area contributed by atoms with Crippen LogP contribution in [0.1, 0.15) is 0 Å². The highest BCUT2D eigenvalue weighted by molar-refractivity contribution is 8.00. The molecule has 0 aliphatic rings. The lowest BCUT2D eigenvalue weighted by Gasteiger charge is -2.21. The first kappa shape index (κ1) is 21.5. The second kappa shape index (κ2) is 9.51. The number of ether oxygens (including phenoxy) is 1. The van der Waals surface area contributed by atoms with E-state index in [0.717, 1.165) is 28.0 Å². The molecule has 0 spiro atoms. The van der Waals surface area contributed by atoms with Crippen molar-refractivity contribution in [2.75, 3.05) is 44.9 Å². The summed E-state index contributed by atoms with van der Waals surface area (Å²) in [6, 6.07) is 9.48. The zero-order chi connectivity index (χ0) is 21.0. The summed E-state index contributed by atoms with van der Waals surface area (Å²) in [5.41, 5.74) is 0.0804. The number of hydrogen-bond donors (Lipinski definition) is 0. The quantitative estimate of drug-likeness (QED) is 0.493. The van der Waals surface area contributed by atoms with Gasteiger partial charge >= 0.3 is 0 Å². The van der Waals surface area contributed by atoms with Crippen molar-refractivity contribution in [1.29, 1.82) is 0 Å². The monoisotopic (exact) mass is 437 g/mol. The molecule has 0 aliphatic heterocycles. The fraction of sp³-hybridized carbons (Fsp3) is 0.300. The molecule has 0 atom stereocenters. The number of thiazole rings is 1. The summed E-state index contributed by atoms with van der Waals surface area (Å²) in [6.07, 6.45) is 0. The number of anilines is 1. The molecule has 5 nitrogen and oxygen atoms in total. The van der Waals surface area contributed by atoms with Crippen LogP contribution in [0, 0.1) is 11.6 Å². The van der Waals surface area contributed by atoms with Crippen LogP contribution in [0.2, 0.25) is 0 Å². The van der Waals surface area contributed by atoms with Crippen LogP contribution in [0.25, 0.3) is 10.2 Å². The second-order valence-electron chi connectivity index (χ2n) is 6.54. The Labute approximate surface area is 176 Å². The second-order valence-corrected chi connectivity index (χ2v) is 8.60. The van der Waals surface area contributed by atoms with Crippen molar-refractivity contribution in [1.82, 2.24) is 9.88 Å². The third-order valence-electron chi connectivity index (χ3n) is 4.13. The molecular formula is C20H21F2N3O2S2. The summed E-state index contributed by atoms with van der Waals surface area (Å²) in [4.78, 5) is 21.6. The van der Waals surface area contributed by atoms with E-state index >= 15 is 0 Å². The molecule has 29 heavy (non-hydrogen) atoms. The van der Waals surface area contributed by atoms with Crippen LogP contribution in [0.15, 0.2) is 41.3 Å². The van der Waals surface area contributed by atoms with Crippen LogP contribution in [0.5, 0.6) is 5.75 Å². The number of amides is 1. The van der Waals surface area contributed by atoms with Crippen molar-refractivity contribution in [3.05, 3.63) is 48.0 Å². The number of aromatic nitrogens is 1. The molecule has 0 radical (unpaired) electrons. The van der Waals surface area contributed by atoms with Gasteiger partial charge in [-0.25, -0.2) is 13.8 Å². The van der Waals surface area contributed by atoms with E-state index in [1.54, 1.807) is 12.0 Å². The van der Waals surface area contributed by atoms with Crippen LogP contribution >= 0.6 is 23.1 Å². The third-order valence-corrected chi connectivity index (χ3v) is 6.15. The van der Waals surface area contributed by atoms with E-state index in [-0.39, 0.29) is 17.2 Å². The zero-order valence-corrected chi connectivity index (χ0v) is 17.9. The van der Waals surface area contributed by atoms with Crippen LogP contribution < -0.4 is 9.64 Å². The summed E-state index contributed by atoms with van der Waals surface area (Å²) < 4.78 is 33.1. The van der Waals surface area contributed by atoms with Crippen LogP contribution in [-0.2, 0) is 4.79 Å². The third kappa shape index (κ3) is 5.43. The Morgan fingerprint density at radius 3 is 2.55 bits per heavy atom. The van der Waals surface area contributed by atoms with Gasteiger partial charge in [0, 0.05) is 24.1 Å². The molecule has 1 aromatic heterocycles. The summed E-state index contributed by atoms with van der Waals surface area (Å²) in [5.74, 6) is -0.585. The minimum absolute atomic E-state index is 0.0804. The number of halogens is 2. The normalized spacial score (nSPS) is 11.2. The van der Waals surface area contributed by atoms with Gasteiger partial charge in [0.05, 0.1) is 17.6 Å². The molecular weight excluding hydrogens is 416 g/mol. The van der Waals surface area contributed by atoms with Gasteiger partial charge in [-0.3, -0.25) is 9.69 Å². The molecule has 1 heterocycles. The van der Waals surface area contributed by atoms with Gasteiger partial charge in [-0.05, 0) is 44.4 Å². The lowest BCUT2D eigenvalue weighted by molar-refractivity contribution is -0.116. The van der Waals surface area contributed by atoms with E-state index in [1.165, 1.54) is 17.8 Å². The molecule has 3 aromatic rings. The van der Waals surface area contributed by atoms with Crippen LogP contribution in [0.4, 0.5) is 13.9 Å². The molecule has 1 amide bonds. The number of nitrogens with zero attached hydrogens (tertiary/aromatic N) is 3. The van der Waals surface area contributed by atoms with Crippen LogP contribution in [-0.4, -0.2) is 55.8 Å². The average molecular weight is 438 g/mol. The Morgan fingerprint density at radius 2 is 1.90 bits per heavy atom. The molecule has 0 fully saturated rings. The maximum absolute atomic E-state index is 14.0. The Bertz CT molecular complexity index is 993. The number of fused-ring (bicyclic) bond motifs is 1. The van der Waals surface area contributed by atoms with Gasteiger partial charge in [-0.15, -0.1) is 11.8 Å². The average Bonchev–Trinajstić information content (AvgIpc) is 3.10. The van der Waals surface area contributed by atoms with Crippen molar-refractivity contribution < 1.29 is 18.3 Å². The van der Waals surface area contributed by atoms with E-state index in [1.807, 2.05) is 43.3 Å². The lowest BCUT2D eigenvalue weighted by Crippen LogP contribution is -2.37. The largest absolute Gasteiger partial charge is 0.497 e. The minimum Gasteiger partial charge on any atom is -0.497 e. The number of hydrogen-bond acceptors (Lipinski definition) is 6. The van der Waals surface area contributed by atoms with Crippen molar-refractivity contribution in [3.63, 3.8) is 0 Å². The fourth-order valence-corrected chi connectivity index (χ4v) is 4.41. The highest BCUT2D eigenvalue weighted by atomic mass is 32.2. The van der Waals surface area contributed by atoms with Gasteiger partial charge in [0.25, 0.3) is 0 Å². The van der Waals surface area contributed by atoms with Crippen LogP contribution in [0.3, 0.4) is 0 Å². The number of rotatable bonds is 8. The van der Waals surface area contributed by atoms with Gasteiger partial charge in [-0.1, -0.05) is 11.3 Å². The topological polar surface area (TPSA) is 45.7 Å². The molecule has 0 N–H and O–H groups in total. The maximum Gasteiger partial charge on any atom is 0.239 e. The maximum atomic E-state index is 14.0. The molecule has 3 rings (SSSR count). The molecule has 0 unspecified atom stereocenters. The van der Waals surface area contributed by atoms with Crippen molar-refractivity contribution in [2.24, 2.45) is 0 Å². The van der Waals surface area contributed by atoms with E-state index < -0.39 is 11.6 Å². The Balaban J connectivity index is 1.80. The number of carbonyl (C=O) groups excluding carboxylic acids is 1. The zero-order valence-electron chi connectivity index (χ0n) is 16.3. The highest BCUT2D eigenvalue weighted by Crippen LogP contribution is 2.32. The van der Waals surface area contributed by atoms with E-state index in [4.69, 9.17) is 4.74 Å². The number of carbonyl (C=O) groups is 1. The predicted octanol–water partition coefficient (Wildman–Crippen LogP) is 4.27. The Hall–Kier alpha value is -2.23. The Morgan fingerprint density at radius 1 is 1.17 bits per heavy atom. The first-order valence-corrected chi connectivity index (χ1v) is 10.6. The standard InChI is InChI=1S/C20H21F2N3O2S2/c1-24(2)8-9-25(18(26)12-28-15-6-4-14(27-3)5-7-15)20-23-19-16(22)10-13(21)11-17(19)29-20/h4-7,10-11H,8-9,12H2,1-3H3. The van der Waals surface area contributed by atoms with Crippen molar-refractivity contribution in [3.8, 4) is 5.75 Å². The molecule has 9 heteroatoms. The van der Waals surface area contributed by atoms with Gasteiger partial charge in [0.2, 0.25) is 5.91 Å². The van der Waals surface area contributed by atoms with Crippen molar-refractivity contribution in [2.45, 2.75) is 4.90 Å². The number of benzene rings is 2. The summed E-state index contributed by atoms with van der Waals surface area (Å²) in [7, 11) is 5.41. The minimum atomic E-state index is -0.727. The summed E-state index contributed by atoms with van der Waals surface area (Å²) >= 11 is 2.51. The van der Waals surface area contributed by atoms with E-state index in [9.17, 15) is 13.6 Å². The molecule has 2 aromatic carbocycles. The molecule has 0 saturated heterocycles. The first-order chi connectivity index (χ1) is 13.9. The summed E-state index contributed by atoms with van der Waals surface area (Å²) in [5, 5.41) is 0.367. The molecule has 0 saturated carbocycles. The molecule has 0 bridgehead atoms. The van der Waals surface area contributed by atoms with Gasteiger partial charge < -0.3 is 9.64 Å². The van der Waals surface area contributed by atoms with Gasteiger partial charge in [0.15, 0.2) is 10.9 Å². The Kier molecular flexibility index (Phi) is 7.05. The predicted molar refractivity (Wildman–Crippen MR) is 114 cm³/mol. The number of likely N-dealkylation sites (N-methyl/N-ethyl adjacent to an activating group) is 1. The van der Waals surface area contributed by atoms with E-state index in [2.05, 4.69) is 4.98 Å². The SMILES string of the molecule is COc1ccc(SCC(=O)N(CCN(C)C)c2nc3c(F)cc(F)cc3s2)cc1.